The van der Waals surface area contributed by atoms with E-state index in [1.165, 1.54) is 58.2 Å². The Kier molecular flexibility index (Phi) is 6.54. The summed E-state index contributed by atoms with van der Waals surface area (Å²) in [6, 6.07) is 31.1. The molecule has 1 aliphatic carbocycles. The van der Waals surface area contributed by atoms with Gasteiger partial charge < -0.3 is 0 Å². The first kappa shape index (κ1) is 24.6. The zero-order valence-electron chi connectivity index (χ0n) is 21.0. The number of benzene rings is 4. The minimum atomic E-state index is -3.88. The van der Waals surface area contributed by atoms with Crippen LogP contribution in [0, 0.1) is 0 Å². The van der Waals surface area contributed by atoms with Gasteiger partial charge in [-0.05, 0) is 0 Å². The maximum atomic E-state index is 7.70. The fraction of sp³-hybridized carbons (Fsp3) is 0.188. The first-order valence-corrected chi connectivity index (χ1v) is 23.3. The molecule has 2 atom stereocenters. The molecule has 0 N–H and O–H groups in total. The van der Waals surface area contributed by atoms with Crippen LogP contribution in [0.25, 0.3) is 28.3 Å². The molecular formula is C32H30Cl2SiZr. The van der Waals surface area contributed by atoms with Gasteiger partial charge in [0.1, 0.15) is 0 Å². The SMILES string of the molecule is CCC(C)c1ccc2c(c1-c1ccccc1)C=C(C)[CH]2[Zr]([Cl])([Cl])[c]1cccc2c1[SiH2]c1ccccc1-2. The van der Waals surface area contributed by atoms with Crippen LogP contribution in [0.5, 0.6) is 0 Å². The van der Waals surface area contributed by atoms with Crippen LogP contribution < -0.4 is 13.6 Å². The molecule has 0 aromatic heterocycles. The molecule has 0 amide bonds. The molecule has 0 saturated heterocycles. The molecule has 0 nitrogen and oxygen atoms in total. The summed E-state index contributed by atoms with van der Waals surface area (Å²) < 4.78 is 1.42. The van der Waals surface area contributed by atoms with E-state index in [-0.39, 0.29) is 3.63 Å². The van der Waals surface area contributed by atoms with Gasteiger partial charge in [0.15, 0.2) is 0 Å². The quantitative estimate of drug-likeness (QED) is 0.186. The Morgan fingerprint density at radius 2 is 1.58 bits per heavy atom. The van der Waals surface area contributed by atoms with Gasteiger partial charge in [-0.25, -0.2) is 0 Å². The molecule has 36 heavy (non-hydrogen) atoms. The van der Waals surface area contributed by atoms with Crippen LogP contribution in [0.15, 0.2) is 90.5 Å². The van der Waals surface area contributed by atoms with Gasteiger partial charge in [0.05, 0.1) is 0 Å². The van der Waals surface area contributed by atoms with E-state index in [1.807, 2.05) is 0 Å². The molecule has 0 bridgehead atoms. The Balaban J connectivity index is 1.51. The second kappa shape index (κ2) is 9.55. The third kappa shape index (κ3) is 3.88. The molecule has 4 heteroatoms. The molecule has 2 aliphatic rings. The summed E-state index contributed by atoms with van der Waals surface area (Å²) in [7, 11) is 14.8. The fourth-order valence-corrected chi connectivity index (χ4v) is 23.4. The van der Waals surface area contributed by atoms with E-state index < -0.39 is 27.4 Å². The number of rotatable bonds is 5. The van der Waals surface area contributed by atoms with E-state index in [2.05, 4.69) is 112 Å². The third-order valence-corrected chi connectivity index (χ3v) is 22.8. The van der Waals surface area contributed by atoms with E-state index in [9.17, 15) is 0 Å². The van der Waals surface area contributed by atoms with Gasteiger partial charge >= 0.3 is 230 Å². The van der Waals surface area contributed by atoms with Crippen LogP contribution in [0.3, 0.4) is 0 Å². The Bertz CT molecular complexity index is 1510. The van der Waals surface area contributed by atoms with Crippen molar-refractivity contribution < 1.29 is 17.9 Å². The Morgan fingerprint density at radius 1 is 0.861 bits per heavy atom. The standard InChI is InChI=1S/C20H21.C12H9Si.2ClH.Zr/c1-4-15(3)18-11-10-17-12-14(2)13-19(17)20(18)16-8-6-5-7-9-16;1-3-7-11-9(5-1)10-6-2-4-8-12(10)13-11;;;/h5-13,15H,4H2,1-3H3;1-7H,13H2;2*1H;/q;;;;+2/p-2. The van der Waals surface area contributed by atoms with E-state index in [0.29, 0.717) is 5.92 Å². The van der Waals surface area contributed by atoms with E-state index >= 15 is 0 Å². The summed E-state index contributed by atoms with van der Waals surface area (Å²) in [4.78, 5) is 0. The zero-order valence-corrected chi connectivity index (χ0v) is 26.4. The normalized spacial score (nSPS) is 17.5. The van der Waals surface area contributed by atoms with E-state index in [1.54, 1.807) is 0 Å². The van der Waals surface area contributed by atoms with Crippen molar-refractivity contribution in [2.75, 3.05) is 0 Å². The van der Waals surface area contributed by atoms with Crippen LogP contribution in [-0.4, -0.2) is 9.52 Å². The second-order valence-electron chi connectivity index (χ2n) is 10.3. The zero-order chi connectivity index (χ0) is 25.0. The van der Waals surface area contributed by atoms with Crippen molar-refractivity contribution in [2.45, 2.75) is 36.7 Å². The summed E-state index contributed by atoms with van der Waals surface area (Å²) in [6.07, 6.45) is 3.50. The summed E-state index contributed by atoms with van der Waals surface area (Å²) in [5.41, 5.74) is 10.8. The van der Waals surface area contributed by atoms with Gasteiger partial charge in [0.25, 0.3) is 0 Å². The molecule has 0 radical (unpaired) electrons. The van der Waals surface area contributed by atoms with Crippen LogP contribution in [-0.2, 0) is 17.9 Å². The topological polar surface area (TPSA) is 0 Å². The Morgan fingerprint density at radius 3 is 2.36 bits per heavy atom. The van der Waals surface area contributed by atoms with Crippen molar-refractivity contribution in [1.82, 2.24) is 0 Å². The number of allylic oxidation sites excluding steroid dienone is 1. The average molecular weight is 605 g/mol. The monoisotopic (exact) mass is 602 g/mol. The van der Waals surface area contributed by atoms with Crippen molar-refractivity contribution in [1.29, 1.82) is 0 Å². The van der Waals surface area contributed by atoms with Crippen molar-refractivity contribution in [3.05, 3.63) is 107 Å². The predicted octanol–water partition coefficient (Wildman–Crippen LogP) is 7.21. The minimum absolute atomic E-state index is 0.121. The molecule has 1 aliphatic heterocycles. The number of fused-ring (bicyclic) bond motifs is 4. The molecule has 0 fully saturated rings. The number of halogens is 2. The van der Waals surface area contributed by atoms with Gasteiger partial charge in [0.2, 0.25) is 0 Å². The maximum absolute atomic E-state index is 7.70. The van der Waals surface area contributed by atoms with Gasteiger partial charge in [-0.15, -0.1) is 0 Å². The number of hydrogen-bond acceptors (Lipinski definition) is 0. The van der Waals surface area contributed by atoms with Crippen molar-refractivity contribution >= 4 is 46.3 Å². The van der Waals surface area contributed by atoms with Crippen molar-refractivity contribution in [3.63, 3.8) is 0 Å². The molecule has 0 spiro atoms. The molecule has 4 aromatic carbocycles. The van der Waals surface area contributed by atoms with Gasteiger partial charge in [-0.3, -0.25) is 0 Å². The van der Waals surface area contributed by atoms with E-state index in [0.717, 1.165) is 6.42 Å². The van der Waals surface area contributed by atoms with Gasteiger partial charge in [0, 0.05) is 0 Å². The molecule has 180 valence electrons. The predicted molar refractivity (Wildman–Crippen MR) is 158 cm³/mol. The van der Waals surface area contributed by atoms with Crippen LogP contribution in [0.1, 0.15) is 53.4 Å². The molecule has 4 aromatic rings. The van der Waals surface area contributed by atoms with Crippen LogP contribution in [0.2, 0.25) is 0 Å². The first-order chi connectivity index (χ1) is 17.4. The third-order valence-electron chi connectivity index (χ3n) is 8.23. The Labute approximate surface area is 228 Å². The second-order valence-corrected chi connectivity index (χ2v) is 26.1. The molecule has 0 saturated carbocycles. The van der Waals surface area contributed by atoms with Crippen LogP contribution in [0.4, 0.5) is 0 Å². The molecule has 1 heterocycles. The summed E-state index contributed by atoms with van der Waals surface area (Å²) in [6.45, 7) is 6.85. The van der Waals surface area contributed by atoms with Gasteiger partial charge in [-0.1, -0.05) is 0 Å². The summed E-state index contributed by atoms with van der Waals surface area (Å²) >= 11 is -3.88. The average Bonchev–Trinajstić information content (AvgIpc) is 3.45. The van der Waals surface area contributed by atoms with Crippen molar-refractivity contribution in [2.24, 2.45) is 0 Å². The van der Waals surface area contributed by atoms with Gasteiger partial charge in [-0.2, -0.15) is 0 Å². The van der Waals surface area contributed by atoms with Crippen LogP contribution >= 0.6 is 17.0 Å². The number of hydrogen-bond donors (Lipinski definition) is 0. The summed E-state index contributed by atoms with van der Waals surface area (Å²) in [5.74, 6) is 0.487. The molecular weight excluding hydrogens is 575 g/mol. The van der Waals surface area contributed by atoms with Crippen molar-refractivity contribution in [3.8, 4) is 22.3 Å². The fourth-order valence-electron chi connectivity index (χ4n) is 6.28. The first-order valence-electron chi connectivity index (χ1n) is 12.9. The Hall–Kier alpha value is -1.70. The molecule has 2 unspecified atom stereocenters. The summed E-state index contributed by atoms with van der Waals surface area (Å²) in [5, 5.41) is 3.00. The molecule has 6 rings (SSSR count). The van der Waals surface area contributed by atoms with E-state index in [4.69, 9.17) is 17.0 Å².